The van der Waals surface area contributed by atoms with Crippen molar-refractivity contribution in [3.63, 3.8) is 0 Å². The summed E-state index contributed by atoms with van der Waals surface area (Å²) in [5.41, 5.74) is 3.76. The SMILES string of the molecule is C=CC(=O)OCCCCOc1ccc(N=Nc2ccc(N=Nc3ccc(OCCCCOC(=O)C=C)cc3)c(C)c2)cc1. The van der Waals surface area contributed by atoms with Gasteiger partial charge in [0.15, 0.2) is 0 Å². The van der Waals surface area contributed by atoms with E-state index in [1.54, 1.807) is 0 Å². The number of benzene rings is 3. The Labute approximate surface area is 251 Å². The molecule has 0 radical (unpaired) electrons. The summed E-state index contributed by atoms with van der Waals surface area (Å²) in [6.45, 7) is 10.4. The minimum atomic E-state index is -0.413. The van der Waals surface area contributed by atoms with E-state index in [4.69, 9.17) is 18.9 Å². The van der Waals surface area contributed by atoms with Gasteiger partial charge in [-0.1, -0.05) is 13.2 Å². The van der Waals surface area contributed by atoms with E-state index < -0.39 is 11.9 Å². The lowest BCUT2D eigenvalue weighted by atomic mass is 10.2. The number of carbonyl (C=O) groups excluding carboxylic acids is 2. The van der Waals surface area contributed by atoms with Gasteiger partial charge in [-0.05, 0) is 105 Å². The summed E-state index contributed by atoms with van der Waals surface area (Å²) in [6, 6.07) is 20.3. The van der Waals surface area contributed by atoms with Crippen LogP contribution in [-0.2, 0) is 19.1 Å². The number of azo groups is 2. The van der Waals surface area contributed by atoms with Crippen molar-refractivity contribution < 1.29 is 28.5 Å². The van der Waals surface area contributed by atoms with E-state index in [0.29, 0.717) is 43.5 Å². The van der Waals surface area contributed by atoms with Crippen LogP contribution >= 0.6 is 0 Å². The van der Waals surface area contributed by atoms with Crippen molar-refractivity contribution in [1.29, 1.82) is 0 Å². The zero-order valence-electron chi connectivity index (χ0n) is 24.3. The fraction of sp³-hybridized carbons (Fsp3) is 0.273. The lowest BCUT2D eigenvalue weighted by Crippen LogP contribution is -2.04. The number of carbonyl (C=O) groups is 2. The van der Waals surface area contributed by atoms with Gasteiger partial charge in [-0.2, -0.15) is 20.5 Å². The van der Waals surface area contributed by atoms with Crippen molar-refractivity contribution in [3.8, 4) is 11.5 Å². The molecule has 10 nitrogen and oxygen atoms in total. The fourth-order valence-electron chi connectivity index (χ4n) is 3.51. The molecule has 0 unspecified atom stereocenters. The lowest BCUT2D eigenvalue weighted by molar-refractivity contribution is -0.138. The molecule has 0 aromatic heterocycles. The van der Waals surface area contributed by atoms with Crippen LogP contribution in [0.4, 0.5) is 22.7 Å². The first-order valence-corrected chi connectivity index (χ1v) is 13.9. The first-order valence-electron chi connectivity index (χ1n) is 13.9. The van der Waals surface area contributed by atoms with Gasteiger partial charge in [-0.15, -0.1) is 0 Å². The molecule has 3 rings (SSSR count). The molecular weight excluding hydrogens is 548 g/mol. The number of ether oxygens (including phenoxy) is 4. The number of hydrogen-bond donors (Lipinski definition) is 0. The van der Waals surface area contributed by atoms with Crippen LogP contribution in [0.1, 0.15) is 31.2 Å². The molecule has 0 fully saturated rings. The quantitative estimate of drug-likeness (QED) is 0.0639. The second-order valence-electron chi connectivity index (χ2n) is 9.21. The van der Waals surface area contributed by atoms with E-state index in [1.165, 1.54) is 0 Å². The number of nitrogens with zero attached hydrogens (tertiary/aromatic N) is 4. The highest BCUT2D eigenvalue weighted by atomic mass is 16.5. The lowest BCUT2D eigenvalue weighted by Gasteiger charge is -2.06. The zero-order valence-corrected chi connectivity index (χ0v) is 24.3. The van der Waals surface area contributed by atoms with Crippen LogP contribution in [0.15, 0.2) is 112 Å². The number of esters is 2. The maximum atomic E-state index is 11.0. The highest BCUT2D eigenvalue weighted by Crippen LogP contribution is 2.28. The van der Waals surface area contributed by atoms with E-state index in [9.17, 15) is 9.59 Å². The van der Waals surface area contributed by atoms with Gasteiger partial charge in [0.05, 0.1) is 49.2 Å². The molecule has 0 heterocycles. The van der Waals surface area contributed by atoms with Gasteiger partial charge in [-0.25, -0.2) is 9.59 Å². The average molecular weight is 585 g/mol. The topological polar surface area (TPSA) is 120 Å². The molecule has 224 valence electrons. The zero-order chi connectivity index (χ0) is 30.7. The summed E-state index contributed by atoms with van der Waals surface area (Å²) in [7, 11) is 0. The number of aryl methyl sites for hydroxylation is 1. The molecule has 0 aliphatic heterocycles. The van der Waals surface area contributed by atoms with Crippen LogP contribution in [0.25, 0.3) is 0 Å². The fourth-order valence-corrected chi connectivity index (χ4v) is 3.51. The molecule has 3 aromatic rings. The first kappa shape index (κ1) is 32.4. The third-order valence-electron chi connectivity index (χ3n) is 5.84. The van der Waals surface area contributed by atoms with Gasteiger partial charge >= 0.3 is 11.9 Å². The maximum Gasteiger partial charge on any atom is 0.330 e. The Balaban J connectivity index is 1.41. The van der Waals surface area contributed by atoms with Crippen molar-refractivity contribution in [3.05, 3.63) is 97.6 Å². The van der Waals surface area contributed by atoms with E-state index in [2.05, 4.69) is 33.6 Å². The molecular formula is C33H36N4O6. The number of unbranched alkanes of at least 4 members (excludes halogenated alkanes) is 2. The molecule has 0 aliphatic rings. The second kappa shape index (κ2) is 18.3. The largest absolute Gasteiger partial charge is 0.494 e. The van der Waals surface area contributed by atoms with Crippen LogP contribution in [0, 0.1) is 6.92 Å². The Hall–Kier alpha value is -5.12. The van der Waals surface area contributed by atoms with Crippen LogP contribution < -0.4 is 9.47 Å². The van der Waals surface area contributed by atoms with Gasteiger partial charge < -0.3 is 18.9 Å². The summed E-state index contributed by atoms with van der Waals surface area (Å²) in [4.78, 5) is 22.0. The van der Waals surface area contributed by atoms with Gasteiger partial charge in [0.1, 0.15) is 11.5 Å². The maximum absolute atomic E-state index is 11.0. The molecule has 0 spiro atoms. The molecule has 0 aliphatic carbocycles. The predicted molar refractivity (Wildman–Crippen MR) is 164 cm³/mol. The monoisotopic (exact) mass is 584 g/mol. The molecule has 0 saturated carbocycles. The number of rotatable bonds is 18. The molecule has 0 saturated heterocycles. The molecule has 43 heavy (non-hydrogen) atoms. The van der Waals surface area contributed by atoms with Crippen molar-refractivity contribution >= 4 is 34.7 Å². The van der Waals surface area contributed by atoms with Crippen LogP contribution in [-0.4, -0.2) is 38.4 Å². The van der Waals surface area contributed by atoms with Gasteiger partial charge in [-0.3, -0.25) is 0 Å². The van der Waals surface area contributed by atoms with Crippen molar-refractivity contribution in [2.24, 2.45) is 20.5 Å². The molecule has 0 bridgehead atoms. The molecule has 0 atom stereocenters. The van der Waals surface area contributed by atoms with Crippen molar-refractivity contribution in [1.82, 2.24) is 0 Å². The minimum Gasteiger partial charge on any atom is -0.494 e. The summed E-state index contributed by atoms with van der Waals surface area (Å²) in [5, 5.41) is 17.3. The van der Waals surface area contributed by atoms with Crippen LogP contribution in [0.3, 0.4) is 0 Å². The third kappa shape index (κ3) is 12.5. The molecule has 0 amide bonds. The summed E-state index contributed by atoms with van der Waals surface area (Å²) < 4.78 is 21.3. The third-order valence-corrected chi connectivity index (χ3v) is 5.84. The average Bonchev–Trinajstić information content (AvgIpc) is 3.03. The van der Waals surface area contributed by atoms with E-state index in [-0.39, 0.29) is 0 Å². The van der Waals surface area contributed by atoms with Crippen LogP contribution in [0.5, 0.6) is 11.5 Å². The minimum absolute atomic E-state index is 0.350. The van der Waals surface area contributed by atoms with Crippen LogP contribution in [0.2, 0.25) is 0 Å². The van der Waals surface area contributed by atoms with E-state index >= 15 is 0 Å². The van der Waals surface area contributed by atoms with Gasteiger partial charge in [0, 0.05) is 12.2 Å². The Kier molecular flexibility index (Phi) is 13.8. The van der Waals surface area contributed by atoms with E-state index in [1.807, 2.05) is 73.7 Å². The van der Waals surface area contributed by atoms with E-state index in [0.717, 1.165) is 60.6 Å². The molecule has 3 aromatic carbocycles. The highest BCUT2D eigenvalue weighted by molar-refractivity contribution is 5.81. The first-order chi connectivity index (χ1) is 21.0. The highest BCUT2D eigenvalue weighted by Gasteiger charge is 2.02. The standard InChI is InChI=1S/C33H36N4O6/c1-4-32(38)42-22-8-6-20-40-29-15-10-26(11-16-29)34-36-28-14-19-31(25(3)24-28)37-35-27-12-17-30(18-13-27)41-21-7-9-23-43-33(39)5-2/h4-5,10-19,24H,1-2,6-9,20-23H2,3H3. The smallest absolute Gasteiger partial charge is 0.330 e. The normalized spacial score (nSPS) is 10.9. The Morgan fingerprint density at radius 2 is 1.02 bits per heavy atom. The number of hydrogen-bond acceptors (Lipinski definition) is 10. The Bertz CT molecular complexity index is 1400. The summed E-state index contributed by atoms with van der Waals surface area (Å²) in [5.74, 6) is 0.637. The second-order valence-corrected chi connectivity index (χ2v) is 9.21. The van der Waals surface area contributed by atoms with Gasteiger partial charge in [0.25, 0.3) is 0 Å². The Morgan fingerprint density at radius 1 is 0.605 bits per heavy atom. The summed E-state index contributed by atoms with van der Waals surface area (Å²) >= 11 is 0. The molecule has 10 heteroatoms. The van der Waals surface area contributed by atoms with Crippen molar-refractivity contribution in [2.75, 3.05) is 26.4 Å². The van der Waals surface area contributed by atoms with Gasteiger partial charge in [0.2, 0.25) is 0 Å². The Morgan fingerprint density at radius 3 is 1.49 bits per heavy atom. The molecule has 0 N–H and O–H groups in total. The van der Waals surface area contributed by atoms with Crippen molar-refractivity contribution in [2.45, 2.75) is 32.6 Å². The predicted octanol–water partition coefficient (Wildman–Crippen LogP) is 8.60. The summed E-state index contributed by atoms with van der Waals surface area (Å²) in [6.07, 6.45) is 5.27.